The molecule has 0 N–H and O–H groups in total. The van der Waals surface area contributed by atoms with Crippen LogP contribution in [0.2, 0.25) is 0 Å². The van der Waals surface area contributed by atoms with Gasteiger partial charge in [-0.15, -0.1) is 11.8 Å². The Hall–Kier alpha value is -2.61. The number of amides is 1. The summed E-state index contributed by atoms with van der Waals surface area (Å²) in [6, 6.07) is 8.58. The molecule has 1 aliphatic heterocycles. The third-order valence-electron chi connectivity index (χ3n) is 4.32. The van der Waals surface area contributed by atoms with Crippen LogP contribution in [0, 0.1) is 5.82 Å². The lowest BCUT2D eigenvalue weighted by atomic mass is 10.2. The highest BCUT2D eigenvalue weighted by Gasteiger charge is 2.42. The van der Waals surface area contributed by atoms with Crippen molar-refractivity contribution >= 4 is 23.6 Å². The summed E-state index contributed by atoms with van der Waals surface area (Å²) in [6.07, 6.45) is 3.13. The van der Waals surface area contributed by atoms with Gasteiger partial charge in [-0.1, -0.05) is 12.1 Å². The van der Waals surface area contributed by atoms with Gasteiger partial charge in [0, 0.05) is 12.6 Å². The quantitative estimate of drug-likeness (QED) is 0.578. The minimum atomic E-state index is -0.797. The Morgan fingerprint density at radius 2 is 2.04 bits per heavy atom. The number of benzene rings is 1. The molecule has 0 saturated carbocycles. The van der Waals surface area contributed by atoms with Gasteiger partial charge >= 0.3 is 5.97 Å². The number of hydrogen-bond donors (Lipinski definition) is 0. The van der Waals surface area contributed by atoms with Gasteiger partial charge in [0.1, 0.15) is 17.2 Å². The van der Waals surface area contributed by atoms with Crippen LogP contribution in [-0.4, -0.2) is 53.8 Å². The van der Waals surface area contributed by atoms with Gasteiger partial charge in [-0.2, -0.15) is 0 Å². The Kier molecular flexibility index (Phi) is 5.95. The number of aromatic nitrogens is 1. The van der Waals surface area contributed by atoms with Crippen molar-refractivity contribution in [2.45, 2.75) is 23.6 Å². The molecule has 2 unspecified atom stereocenters. The van der Waals surface area contributed by atoms with Gasteiger partial charge in [0.15, 0.2) is 11.6 Å². The molecule has 0 aliphatic carbocycles. The predicted molar refractivity (Wildman–Crippen MR) is 98.3 cm³/mol. The number of halogens is 1. The van der Waals surface area contributed by atoms with E-state index in [1.807, 2.05) is 6.26 Å². The minimum absolute atomic E-state index is 0.0894. The lowest BCUT2D eigenvalue weighted by molar-refractivity contribution is -0.145. The van der Waals surface area contributed by atoms with Gasteiger partial charge in [-0.3, -0.25) is 4.79 Å². The molecule has 1 aliphatic rings. The molecular formula is C19H19FN2O4S. The first-order valence-electron chi connectivity index (χ1n) is 8.34. The van der Waals surface area contributed by atoms with E-state index in [4.69, 9.17) is 9.47 Å². The van der Waals surface area contributed by atoms with Crippen LogP contribution in [0.3, 0.4) is 0 Å². The number of pyridine rings is 1. The third-order valence-corrected chi connectivity index (χ3v) is 5.03. The van der Waals surface area contributed by atoms with Crippen molar-refractivity contribution in [1.29, 1.82) is 0 Å². The number of thioether (sulfide) groups is 1. The lowest BCUT2D eigenvalue weighted by Crippen LogP contribution is -2.41. The maximum absolute atomic E-state index is 13.9. The predicted octanol–water partition coefficient (Wildman–Crippen LogP) is 2.78. The molecule has 0 spiro atoms. The Morgan fingerprint density at radius 1 is 1.26 bits per heavy atom. The second-order valence-corrected chi connectivity index (χ2v) is 6.76. The second-order valence-electron chi connectivity index (χ2n) is 5.96. The molecule has 2 atom stereocenters. The minimum Gasteiger partial charge on any atom is -0.485 e. The van der Waals surface area contributed by atoms with Crippen LogP contribution in [0.1, 0.15) is 16.8 Å². The molecule has 1 saturated heterocycles. The van der Waals surface area contributed by atoms with E-state index in [9.17, 15) is 14.0 Å². The van der Waals surface area contributed by atoms with Crippen molar-refractivity contribution < 1.29 is 23.5 Å². The van der Waals surface area contributed by atoms with E-state index in [0.29, 0.717) is 10.6 Å². The molecule has 0 radical (unpaired) electrons. The molecule has 27 heavy (non-hydrogen) atoms. The smallest absolute Gasteiger partial charge is 0.328 e. The molecule has 1 aromatic carbocycles. The van der Waals surface area contributed by atoms with Crippen LogP contribution < -0.4 is 4.74 Å². The maximum atomic E-state index is 13.9. The molecule has 1 amide bonds. The summed E-state index contributed by atoms with van der Waals surface area (Å²) in [4.78, 5) is 30.9. The first-order chi connectivity index (χ1) is 13.0. The summed E-state index contributed by atoms with van der Waals surface area (Å²) >= 11 is 1.35. The Morgan fingerprint density at radius 3 is 2.74 bits per heavy atom. The zero-order valence-corrected chi connectivity index (χ0v) is 15.7. The summed E-state index contributed by atoms with van der Waals surface area (Å²) in [6.45, 7) is 0.148. The Labute approximate surface area is 160 Å². The van der Waals surface area contributed by atoms with Gasteiger partial charge in [-0.25, -0.2) is 14.2 Å². The fourth-order valence-corrected chi connectivity index (χ4v) is 3.60. The normalized spacial score (nSPS) is 19.0. The van der Waals surface area contributed by atoms with Crippen molar-refractivity contribution in [3.63, 3.8) is 0 Å². The van der Waals surface area contributed by atoms with Gasteiger partial charge in [0.25, 0.3) is 5.91 Å². The monoisotopic (exact) mass is 390 g/mol. The summed E-state index contributed by atoms with van der Waals surface area (Å²) in [5, 5.41) is 0.574. The molecule has 3 rings (SSSR count). The van der Waals surface area contributed by atoms with Crippen molar-refractivity contribution in [3.05, 3.63) is 54.0 Å². The van der Waals surface area contributed by atoms with E-state index >= 15 is 0 Å². The molecule has 2 heterocycles. The summed E-state index contributed by atoms with van der Waals surface area (Å²) < 4.78 is 24.4. The van der Waals surface area contributed by atoms with E-state index in [1.54, 1.807) is 30.5 Å². The first-order valence-corrected chi connectivity index (χ1v) is 9.56. The number of esters is 1. The molecule has 1 aromatic heterocycles. The molecule has 1 fully saturated rings. The topological polar surface area (TPSA) is 68.7 Å². The van der Waals surface area contributed by atoms with E-state index in [2.05, 4.69) is 4.98 Å². The second kappa shape index (κ2) is 8.39. The summed E-state index contributed by atoms with van der Waals surface area (Å²) in [5.74, 6) is -1.26. The zero-order chi connectivity index (χ0) is 19.4. The van der Waals surface area contributed by atoms with Crippen LogP contribution in [0.5, 0.6) is 5.75 Å². The number of carbonyl (C=O) groups is 2. The zero-order valence-electron chi connectivity index (χ0n) is 14.9. The molecule has 8 heteroatoms. The number of likely N-dealkylation sites (tertiary alicyclic amines) is 1. The number of nitrogens with zero attached hydrogens (tertiary/aromatic N) is 2. The highest BCUT2D eigenvalue weighted by Crippen LogP contribution is 2.28. The average Bonchev–Trinajstić information content (AvgIpc) is 3.12. The standard InChI is InChI=1S/C19H19FN2O4S/c1-25-19(24)15-10-12(26-16-8-4-3-7-14(16)20)11-22(15)18(23)13-6-5-9-21-17(13)27-2/h3-9,12,15H,10-11H2,1-2H3. The van der Waals surface area contributed by atoms with Crippen LogP contribution in [-0.2, 0) is 9.53 Å². The third kappa shape index (κ3) is 4.05. The van der Waals surface area contributed by atoms with Crippen LogP contribution in [0.15, 0.2) is 47.6 Å². The summed E-state index contributed by atoms with van der Waals surface area (Å²) in [7, 11) is 1.27. The van der Waals surface area contributed by atoms with Crippen molar-refractivity contribution in [2.24, 2.45) is 0 Å². The largest absolute Gasteiger partial charge is 0.485 e. The van der Waals surface area contributed by atoms with Crippen molar-refractivity contribution in [3.8, 4) is 5.75 Å². The number of ether oxygens (including phenoxy) is 2. The van der Waals surface area contributed by atoms with Gasteiger partial charge < -0.3 is 14.4 Å². The number of methoxy groups -OCH3 is 1. The molecule has 142 valence electrons. The maximum Gasteiger partial charge on any atom is 0.328 e. The van der Waals surface area contributed by atoms with Gasteiger partial charge in [0.05, 0.1) is 19.2 Å². The van der Waals surface area contributed by atoms with E-state index in [-0.39, 0.29) is 24.6 Å². The molecule has 0 bridgehead atoms. The van der Waals surface area contributed by atoms with E-state index < -0.39 is 23.9 Å². The van der Waals surface area contributed by atoms with Crippen LogP contribution in [0.4, 0.5) is 4.39 Å². The SMILES string of the molecule is COC(=O)C1CC(Oc2ccccc2F)CN1C(=O)c1cccnc1SC. The van der Waals surface area contributed by atoms with Crippen LogP contribution in [0.25, 0.3) is 0 Å². The van der Waals surface area contributed by atoms with Gasteiger partial charge in [-0.05, 0) is 30.5 Å². The molecule has 6 nitrogen and oxygen atoms in total. The number of carbonyl (C=O) groups excluding carboxylic acids is 2. The van der Waals surface area contributed by atoms with E-state index in [0.717, 1.165) is 0 Å². The van der Waals surface area contributed by atoms with E-state index in [1.165, 1.54) is 35.9 Å². The number of rotatable bonds is 5. The summed E-state index contributed by atoms with van der Waals surface area (Å²) in [5.41, 5.74) is 0.408. The highest BCUT2D eigenvalue weighted by molar-refractivity contribution is 7.98. The fourth-order valence-electron chi connectivity index (χ4n) is 3.06. The Balaban J connectivity index is 1.85. The fraction of sp³-hybridized carbons (Fsp3) is 0.316. The lowest BCUT2D eigenvalue weighted by Gasteiger charge is -2.23. The Bertz CT molecular complexity index is 848. The van der Waals surface area contributed by atoms with Crippen LogP contribution >= 0.6 is 11.8 Å². The molecule has 2 aromatic rings. The van der Waals surface area contributed by atoms with Crippen molar-refractivity contribution in [2.75, 3.05) is 19.9 Å². The average molecular weight is 390 g/mol. The highest BCUT2D eigenvalue weighted by atomic mass is 32.2. The molecular weight excluding hydrogens is 371 g/mol. The van der Waals surface area contributed by atoms with Crippen molar-refractivity contribution in [1.82, 2.24) is 9.88 Å². The number of hydrogen-bond acceptors (Lipinski definition) is 6. The number of para-hydroxylation sites is 1. The van der Waals surface area contributed by atoms with Gasteiger partial charge in [0.2, 0.25) is 0 Å². The first kappa shape index (κ1) is 19.2.